The van der Waals surface area contributed by atoms with Gasteiger partial charge in [-0.2, -0.15) is 0 Å². The van der Waals surface area contributed by atoms with Gasteiger partial charge in [0.15, 0.2) is 0 Å². The lowest BCUT2D eigenvalue weighted by Gasteiger charge is -2.31. The summed E-state index contributed by atoms with van der Waals surface area (Å²) in [4.78, 5) is 0. The van der Waals surface area contributed by atoms with E-state index < -0.39 is 5.41 Å². The summed E-state index contributed by atoms with van der Waals surface area (Å²) in [6.45, 7) is 0. The molecule has 0 saturated heterocycles. The molecule has 0 radical (unpaired) electrons. The van der Waals surface area contributed by atoms with Crippen molar-refractivity contribution in [2.75, 3.05) is 0 Å². The highest BCUT2D eigenvalue weighted by molar-refractivity contribution is 5.98. The summed E-state index contributed by atoms with van der Waals surface area (Å²) in [5, 5.41) is 0. The van der Waals surface area contributed by atoms with E-state index in [1.165, 1.54) is 128 Å². The van der Waals surface area contributed by atoms with E-state index in [1.54, 1.807) is 0 Å². The Hall–Kier alpha value is -8.58. The molecular formula is C81H70. The van der Waals surface area contributed by atoms with Crippen molar-refractivity contribution in [3.8, 4) is 22.3 Å². The molecule has 0 heteroatoms. The van der Waals surface area contributed by atoms with Crippen LogP contribution < -0.4 is 0 Å². The highest BCUT2D eigenvalue weighted by Gasteiger charge is 2.52. The van der Waals surface area contributed by atoms with Gasteiger partial charge in [-0.05, 0) is 254 Å². The summed E-state index contributed by atoms with van der Waals surface area (Å²) in [6.07, 6.45) is 75.1. The molecular weight excluding hydrogens is 973 g/mol. The second-order valence-electron chi connectivity index (χ2n) is 23.2. The highest BCUT2D eigenvalue weighted by atomic mass is 14.5. The van der Waals surface area contributed by atoms with Crippen LogP contribution in [0, 0.1) is 5.92 Å². The molecule has 2 atom stereocenters. The number of fused-ring (bicyclic) bond motifs is 10. The molecule has 0 saturated carbocycles. The summed E-state index contributed by atoms with van der Waals surface area (Å²) in [7, 11) is 0. The molecule has 0 amide bonds. The first-order chi connectivity index (χ1) is 40.2. The molecule has 14 rings (SSSR count). The minimum atomic E-state index is -0.634. The standard InChI is InChI=1S/C81H70/c1-9-25-61(26-10-1)73(62-27-11-2-12-28-62)49-57-41-45-69-70-46-42-58(50-74(63-29-13-3-14-30-63)64-31-15-4-16-32-64)54-78(70)81(77(69)53-57)79-55-59(51-75(65-33-17-5-18-34-65)66-35-19-6-20-36-66)43-47-71(79)72-48-44-60(56-80(72)81)52-76(67-37-21-7-22-38-67)68-39-23-8-24-40-68/h1-3,5-7,9-11,13,15,17-19,21,23,25-27,29,31-33,35,37,39-56,65H,4,8,12,14,16,20,22,24,28,30,34,36,38H2. The lowest BCUT2D eigenvalue weighted by atomic mass is 9.69. The maximum absolute atomic E-state index is 2.61. The van der Waals surface area contributed by atoms with Gasteiger partial charge < -0.3 is 0 Å². The van der Waals surface area contributed by atoms with Crippen LogP contribution in [0.4, 0.5) is 0 Å². The first-order valence-corrected chi connectivity index (χ1v) is 30.2. The van der Waals surface area contributed by atoms with Crippen LogP contribution in [0.5, 0.6) is 0 Å². The van der Waals surface area contributed by atoms with Crippen molar-refractivity contribution in [3.63, 3.8) is 0 Å². The monoisotopic (exact) mass is 1040 g/mol. The first kappa shape index (κ1) is 50.6. The maximum atomic E-state index is 2.61. The molecule has 0 bridgehead atoms. The molecule has 9 aliphatic carbocycles. The molecule has 5 aromatic rings. The van der Waals surface area contributed by atoms with Gasteiger partial charge in [-0.3, -0.25) is 0 Å². The topological polar surface area (TPSA) is 0 Å². The average molecular weight is 1040 g/mol. The van der Waals surface area contributed by atoms with Crippen LogP contribution in [-0.4, -0.2) is 0 Å². The quantitative estimate of drug-likeness (QED) is 0.107. The van der Waals surface area contributed by atoms with Crippen LogP contribution in [0.2, 0.25) is 0 Å². The maximum Gasteiger partial charge on any atom is 0.0726 e. The third-order valence-corrected chi connectivity index (χ3v) is 18.2. The van der Waals surface area contributed by atoms with E-state index in [0.717, 1.165) is 83.5 Å². The molecule has 2 unspecified atom stereocenters. The number of allylic oxidation sites excluding steroid dienone is 32. The predicted octanol–water partition coefficient (Wildman–Crippen LogP) is 21.5. The first-order valence-electron chi connectivity index (χ1n) is 30.2. The number of benzene rings is 5. The van der Waals surface area contributed by atoms with E-state index in [2.05, 4.69) is 261 Å². The lowest BCUT2D eigenvalue weighted by Crippen LogP contribution is -2.26. The van der Waals surface area contributed by atoms with Crippen LogP contribution in [0.1, 0.15) is 134 Å². The summed E-state index contributed by atoms with van der Waals surface area (Å²) in [5.41, 5.74) is 30.1. The third kappa shape index (κ3) is 9.80. The van der Waals surface area contributed by atoms with E-state index in [9.17, 15) is 0 Å². The zero-order valence-corrected chi connectivity index (χ0v) is 46.6. The van der Waals surface area contributed by atoms with Gasteiger partial charge in [0.25, 0.3) is 0 Å². The van der Waals surface area contributed by atoms with E-state index in [-0.39, 0.29) is 0 Å². The van der Waals surface area contributed by atoms with Crippen LogP contribution in [0.3, 0.4) is 0 Å². The predicted molar refractivity (Wildman–Crippen MR) is 346 cm³/mol. The van der Waals surface area contributed by atoms with Crippen molar-refractivity contribution in [3.05, 3.63) is 337 Å². The largest absolute Gasteiger partial charge is 0.0842 e. The number of rotatable bonds is 12. The Morgan fingerprint density at radius 1 is 0.370 bits per heavy atom. The van der Waals surface area contributed by atoms with Crippen LogP contribution in [-0.2, 0) is 5.41 Å². The zero-order chi connectivity index (χ0) is 54.0. The minimum Gasteiger partial charge on any atom is -0.0842 e. The van der Waals surface area contributed by atoms with Gasteiger partial charge in [0.05, 0.1) is 5.41 Å². The third-order valence-electron chi connectivity index (χ3n) is 18.2. The molecule has 0 nitrogen and oxygen atoms in total. The number of hydrogen-bond donors (Lipinski definition) is 0. The highest BCUT2D eigenvalue weighted by Crippen LogP contribution is 2.64. The normalized spacial score (nSPS) is 21.7. The fourth-order valence-corrected chi connectivity index (χ4v) is 14.2. The van der Waals surface area contributed by atoms with Crippen LogP contribution >= 0.6 is 0 Å². The Kier molecular flexibility index (Phi) is 14.1. The summed E-state index contributed by atoms with van der Waals surface area (Å²) < 4.78 is 0. The van der Waals surface area contributed by atoms with Crippen LogP contribution in [0.25, 0.3) is 52.1 Å². The molecule has 0 aromatic heterocycles. The molecule has 0 N–H and O–H groups in total. The van der Waals surface area contributed by atoms with E-state index in [4.69, 9.17) is 0 Å². The van der Waals surface area contributed by atoms with Gasteiger partial charge in [-0.1, -0.05) is 219 Å². The second kappa shape index (κ2) is 22.5. The summed E-state index contributed by atoms with van der Waals surface area (Å²) >= 11 is 0. The Balaban J connectivity index is 1.05. The fourth-order valence-electron chi connectivity index (χ4n) is 14.2. The van der Waals surface area contributed by atoms with E-state index in [1.807, 2.05) is 0 Å². The Morgan fingerprint density at radius 2 is 0.802 bits per heavy atom. The van der Waals surface area contributed by atoms with Gasteiger partial charge in [0.1, 0.15) is 0 Å². The fraction of sp³-hybridized carbons (Fsp3) is 0.185. The summed E-state index contributed by atoms with van der Waals surface area (Å²) in [6, 6.07) is 41.0. The molecule has 0 aliphatic heterocycles. The molecule has 1 spiro atoms. The molecule has 0 heterocycles. The van der Waals surface area contributed by atoms with Gasteiger partial charge in [-0.15, -0.1) is 0 Å². The SMILES string of the molecule is C1=CCCC(C(=Cc2ccc3c(c2)C2(c4cc(C=C(C5=CCCC=C5)C5=CC=CCC5)ccc4-c4ccc(C=C(C5=CC=CCC5)C5C=CC=CC5)cc42)c2cc(C=C(C4=CC=CCC4)c4ccccc4)ccc2-3)C2=CCCC=C2)=C1. The molecule has 81 heavy (non-hydrogen) atoms. The van der Waals surface area contributed by atoms with Crippen LogP contribution in [0.15, 0.2) is 287 Å². The average Bonchev–Trinajstić information content (AvgIpc) is 4.07. The smallest absolute Gasteiger partial charge is 0.0726 e. The molecule has 0 fully saturated rings. The molecule has 9 aliphatic rings. The Morgan fingerprint density at radius 3 is 1.21 bits per heavy atom. The van der Waals surface area contributed by atoms with Gasteiger partial charge in [-0.25, -0.2) is 0 Å². The van der Waals surface area contributed by atoms with Gasteiger partial charge in [0, 0.05) is 5.92 Å². The minimum absolute atomic E-state index is 0.322. The van der Waals surface area contributed by atoms with E-state index >= 15 is 0 Å². The van der Waals surface area contributed by atoms with E-state index in [0.29, 0.717) is 5.92 Å². The number of hydrogen-bond acceptors (Lipinski definition) is 0. The Bertz CT molecular complexity index is 3880. The van der Waals surface area contributed by atoms with Crippen molar-refractivity contribution in [2.24, 2.45) is 5.92 Å². The van der Waals surface area contributed by atoms with Crippen molar-refractivity contribution < 1.29 is 0 Å². The lowest BCUT2D eigenvalue weighted by molar-refractivity contribution is 0.761. The molecule has 394 valence electrons. The summed E-state index contributed by atoms with van der Waals surface area (Å²) in [5.74, 6) is 0.322. The van der Waals surface area contributed by atoms with Gasteiger partial charge in [0.2, 0.25) is 0 Å². The van der Waals surface area contributed by atoms with Crippen molar-refractivity contribution in [2.45, 2.75) is 88.9 Å². The zero-order valence-electron chi connectivity index (χ0n) is 46.6. The second-order valence-corrected chi connectivity index (χ2v) is 23.2. The van der Waals surface area contributed by atoms with Gasteiger partial charge >= 0.3 is 0 Å². The Labute approximate surface area is 481 Å². The molecule has 5 aromatic carbocycles. The van der Waals surface area contributed by atoms with Crippen molar-refractivity contribution in [1.82, 2.24) is 0 Å². The van der Waals surface area contributed by atoms with Crippen molar-refractivity contribution in [1.29, 1.82) is 0 Å². The van der Waals surface area contributed by atoms with Crippen molar-refractivity contribution >= 4 is 29.9 Å².